The van der Waals surface area contributed by atoms with Crippen LogP contribution < -0.4 is 11.1 Å². The molecule has 0 spiro atoms. The number of benzene rings is 1. The van der Waals surface area contributed by atoms with E-state index in [1.54, 1.807) is 4.90 Å². The highest BCUT2D eigenvalue weighted by atomic mass is 16.5. The number of nitrogens with one attached hydrogen (secondary N) is 1. The fourth-order valence-corrected chi connectivity index (χ4v) is 3.76. The fourth-order valence-electron chi connectivity index (χ4n) is 3.76. The van der Waals surface area contributed by atoms with Gasteiger partial charge in [-0.05, 0) is 31.2 Å². The minimum Gasteiger partial charge on any atom is -0.373 e. The van der Waals surface area contributed by atoms with Gasteiger partial charge in [-0.15, -0.1) is 0 Å². The number of nitrogens with zero attached hydrogens (tertiary/aromatic N) is 1. The van der Waals surface area contributed by atoms with Crippen LogP contribution in [0.15, 0.2) is 30.3 Å². The van der Waals surface area contributed by atoms with Crippen molar-refractivity contribution in [2.24, 2.45) is 17.6 Å². The molecule has 2 atom stereocenters. The number of hydrogen-bond acceptors (Lipinski definition) is 3. The summed E-state index contributed by atoms with van der Waals surface area (Å²) in [4.78, 5) is 25.4. The maximum Gasteiger partial charge on any atom is 0.317 e. The second-order valence-corrected chi connectivity index (χ2v) is 6.95. The van der Waals surface area contributed by atoms with E-state index >= 15 is 0 Å². The number of likely N-dealkylation sites (tertiary alicyclic amines) is 1. The zero-order valence-corrected chi connectivity index (χ0v) is 14.5. The average molecular weight is 345 g/mol. The molecule has 3 N–H and O–H groups in total. The Morgan fingerprint density at radius 3 is 2.56 bits per heavy atom. The van der Waals surface area contributed by atoms with Crippen molar-refractivity contribution in [1.82, 2.24) is 10.2 Å². The van der Waals surface area contributed by atoms with Crippen LogP contribution in [-0.4, -0.2) is 43.1 Å². The average Bonchev–Trinajstić information content (AvgIpc) is 2.67. The highest BCUT2D eigenvalue weighted by Crippen LogP contribution is 2.33. The molecular weight excluding hydrogens is 318 g/mol. The van der Waals surface area contributed by atoms with Gasteiger partial charge in [-0.3, -0.25) is 4.79 Å². The molecule has 0 radical (unpaired) electrons. The number of carbonyl (C=O) groups is 2. The first-order valence-electron chi connectivity index (χ1n) is 9.14. The number of nitrogens with two attached hydrogens (primary N) is 1. The summed E-state index contributed by atoms with van der Waals surface area (Å²) in [6.45, 7) is 2.55. The van der Waals surface area contributed by atoms with E-state index in [1.165, 1.54) is 5.56 Å². The Morgan fingerprint density at radius 1 is 1.16 bits per heavy atom. The summed E-state index contributed by atoms with van der Waals surface area (Å²) in [5.41, 5.74) is 6.51. The smallest absolute Gasteiger partial charge is 0.317 e. The first-order valence-corrected chi connectivity index (χ1v) is 9.14. The van der Waals surface area contributed by atoms with Crippen molar-refractivity contribution in [2.45, 2.75) is 31.8 Å². The lowest BCUT2D eigenvalue weighted by molar-refractivity contribution is -0.123. The molecule has 0 aliphatic carbocycles. The first-order chi connectivity index (χ1) is 12.1. The Labute approximate surface area is 148 Å². The van der Waals surface area contributed by atoms with E-state index in [2.05, 4.69) is 17.4 Å². The Bertz CT molecular complexity index is 585. The van der Waals surface area contributed by atoms with Crippen LogP contribution in [0, 0.1) is 11.8 Å². The maximum atomic E-state index is 12.4. The van der Waals surface area contributed by atoms with Crippen LogP contribution >= 0.6 is 0 Å². The lowest BCUT2D eigenvalue weighted by Gasteiger charge is -2.34. The highest BCUT2D eigenvalue weighted by molar-refractivity contribution is 5.78. The molecule has 2 heterocycles. The summed E-state index contributed by atoms with van der Waals surface area (Å²) in [6, 6.07) is 10.1. The molecule has 0 bridgehead atoms. The molecule has 3 rings (SSSR count). The van der Waals surface area contributed by atoms with Crippen molar-refractivity contribution in [1.29, 1.82) is 0 Å². The molecule has 2 aliphatic heterocycles. The van der Waals surface area contributed by atoms with E-state index in [4.69, 9.17) is 10.5 Å². The van der Waals surface area contributed by atoms with E-state index in [-0.39, 0.29) is 29.9 Å². The normalized spacial score (nSPS) is 24.7. The summed E-state index contributed by atoms with van der Waals surface area (Å²) in [6.07, 6.45) is 3.41. The number of carbonyl (C=O) groups excluding carboxylic acids is 2. The molecule has 2 aliphatic rings. The zero-order chi connectivity index (χ0) is 17.6. The standard InChI is InChI=1S/C19H27N3O3/c20-18(23)15-8-10-22(11-9-15)19(24)21-13-16-7-4-12-25-17(16)14-5-2-1-3-6-14/h1-3,5-6,15-17H,4,7-13H2,(H2,20,23)(H,21,24)/t16-,17-/m0/s1. The molecule has 0 unspecified atom stereocenters. The van der Waals surface area contributed by atoms with Crippen molar-refractivity contribution < 1.29 is 14.3 Å². The largest absolute Gasteiger partial charge is 0.373 e. The Morgan fingerprint density at radius 2 is 1.88 bits per heavy atom. The molecule has 6 nitrogen and oxygen atoms in total. The topological polar surface area (TPSA) is 84.7 Å². The summed E-state index contributed by atoms with van der Waals surface area (Å²) in [7, 11) is 0. The fraction of sp³-hybridized carbons (Fsp3) is 0.579. The van der Waals surface area contributed by atoms with Gasteiger partial charge in [0, 0.05) is 38.1 Å². The van der Waals surface area contributed by atoms with Crippen LogP contribution in [0.5, 0.6) is 0 Å². The second kappa shape index (κ2) is 8.34. The molecule has 6 heteroatoms. The summed E-state index contributed by atoms with van der Waals surface area (Å²) < 4.78 is 5.98. The van der Waals surface area contributed by atoms with E-state index in [0.717, 1.165) is 19.4 Å². The summed E-state index contributed by atoms with van der Waals surface area (Å²) >= 11 is 0. The minimum absolute atomic E-state index is 0.0378. The lowest BCUT2D eigenvalue weighted by atomic mass is 9.89. The van der Waals surface area contributed by atoms with Crippen molar-refractivity contribution in [3.63, 3.8) is 0 Å². The van der Waals surface area contributed by atoms with E-state index in [9.17, 15) is 9.59 Å². The van der Waals surface area contributed by atoms with Gasteiger partial charge >= 0.3 is 6.03 Å². The van der Waals surface area contributed by atoms with Gasteiger partial charge in [-0.1, -0.05) is 30.3 Å². The van der Waals surface area contributed by atoms with Crippen molar-refractivity contribution in [2.75, 3.05) is 26.2 Å². The lowest BCUT2D eigenvalue weighted by Crippen LogP contribution is -2.47. The van der Waals surface area contributed by atoms with Gasteiger partial charge < -0.3 is 20.7 Å². The Balaban J connectivity index is 1.51. The van der Waals surface area contributed by atoms with Gasteiger partial charge in [0.2, 0.25) is 5.91 Å². The van der Waals surface area contributed by atoms with Gasteiger partial charge in [-0.25, -0.2) is 4.79 Å². The molecule has 0 saturated carbocycles. The number of amides is 3. The van der Waals surface area contributed by atoms with Crippen LogP contribution in [-0.2, 0) is 9.53 Å². The van der Waals surface area contributed by atoms with Crippen molar-refractivity contribution in [3.8, 4) is 0 Å². The summed E-state index contributed by atoms with van der Waals surface area (Å²) in [5, 5.41) is 3.06. The number of hydrogen-bond donors (Lipinski definition) is 2. The van der Waals surface area contributed by atoms with E-state index in [0.29, 0.717) is 32.5 Å². The van der Waals surface area contributed by atoms with Crippen LogP contribution in [0.3, 0.4) is 0 Å². The van der Waals surface area contributed by atoms with Crippen LogP contribution in [0.1, 0.15) is 37.4 Å². The third-order valence-corrected chi connectivity index (χ3v) is 5.27. The monoisotopic (exact) mass is 345 g/mol. The molecule has 3 amide bonds. The zero-order valence-electron chi connectivity index (χ0n) is 14.5. The number of primary amides is 1. The van der Waals surface area contributed by atoms with E-state index < -0.39 is 0 Å². The molecule has 2 fully saturated rings. The first kappa shape index (κ1) is 17.7. The summed E-state index contributed by atoms with van der Waals surface area (Å²) in [5.74, 6) is -0.0772. The minimum atomic E-state index is -0.259. The Kier molecular flexibility index (Phi) is 5.91. The predicted molar refractivity (Wildman–Crippen MR) is 94.7 cm³/mol. The molecular formula is C19H27N3O3. The van der Waals surface area contributed by atoms with Gasteiger partial charge in [0.15, 0.2) is 0 Å². The predicted octanol–water partition coefficient (Wildman–Crippen LogP) is 2.06. The molecule has 1 aromatic carbocycles. The third kappa shape index (κ3) is 4.51. The van der Waals surface area contributed by atoms with Gasteiger partial charge in [0.1, 0.15) is 0 Å². The second-order valence-electron chi connectivity index (χ2n) is 6.95. The number of rotatable bonds is 4. The maximum absolute atomic E-state index is 12.4. The molecule has 0 aromatic heterocycles. The van der Waals surface area contributed by atoms with Gasteiger partial charge in [0.05, 0.1) is 6.10 Å². The van der Waals surface area contributed by atoms with Crippen molar-refractivity contribution >= 4 is 11.9 Å². The number of ether oxygens (including phenoxy) is 1. The van der Waals surface area contributed by atoms with Crippen molar-refractivity contribution in [3.05, 3.63) is 35.9 Å². The number of piperidine rings is 1. The molecule has 2 saturated heterocycles. The Hall–Kier alpha value is -2.08. The quantitative estimate of drug-likeness (QED) is 0.876. The highest BCUT2D eigenvalue weighted by Gasteiger charge is 2.29. The SMILES string of the molecule is NC(=O)C1CCN(C(=O)NC[C@@H]2CCCO[C@H]2c2ccccc2)CC1. The third-order valence-electron chi connectivity index (χ3n) is 5.27. The number of urea groups is 1. The van der Waals surface area contributed by atoms with Gasteiger partial charge in [-0.2, -0.15) is 0 Å². The van der Waals surface area contributed by atoms with Gasteiger partial charge in [0.25, 0.3) is 0 Å². The molecule has 136 valence electrons. The van der Waals surface area contributed by atoms with Crippen LogP contribution in [0.4, 0.5) is 4.79 Å². The van der Waals surface area contributed by atoms with Crippen LogP contribution in [0.25, 0.3) is 0 Å². The van der Waals surface area contributed by atoms with E-state index in [1.807, 2.05) is 18.2 Å². The molecule has 25 heavy (non-hydrogen) atoms. The molecule has 1 aromatic rings. The van der Waals surface area contributed by atoms with Crippen LogP contribution in [0.2, 0.25) is 0 Å².